The summed E-state index contributed by atoms with van der Waals surface area (Å²) in [5.74, 6) is -0.570. The molecular formula is C22H21N3O4S. The topological polar surface area (TPSA) is 91.7 Å². The van der Waals surface area contributed by atoms with Crippen molar-refractivity contribution in [3.63, 3.8) is 0 Å². The van der Waals surface area contributed by atoms with Gasteiger partial charge in [0, 0.05) is 30.2 Å². The van der Waals surface area contributed by atoms with Crippen LogP contribution in [-0.4, -0.2) is 36.0 Å². The van der Waals surface area contributed by atoms with Gasteiger partial charge in [-0.25, -0.2) is 0 Å². The maximum absolute atomic E-state index is 12.8. The lowest BCUT2D eigenvalue weighted by Crippen LogP contribution is -2.17. The molecule has 1 heterocycles. The molecule has 8 heteroatoms. The van der Waals surface area contributed by atoms with E-state index in [9.17, 15) is 14.4 Å². The molecule has 0 aliphatic carbocycles. The van der Waals surface area contributed by atoms with Gasteiger partial charge in [-0.1, -0.05) is 18.2 Å². The van der Waals surface area contributed by atoms with E-state index in [1.807, 2.05) is 6.92 Å². The Kier molecular flexibility index (Phi) is 6.58. The molecular weight excluding hydrogens is 402 g/mol. The van der Waals surface area contributed by atoms with E-state index in [-0.39, 0.29) is 16.9 Å². The van der Waals surface area contributed by atoms with Gasteiger partial charge in [-0.3, -0.25) is 14.4 Å². The van der Waals surface area contributed by atoms with Crippen molar-refractivity contribution in [1.29, 1.82) is 0 Å². The number of hydrogen-bond donors (Lipinski definition) is 2. The minimum Gasteiger partial charge on any atom is -0.459 e. The third-order valence-corrected chi connectivity index (χ3v) is 5.31. The monoisotopic (exact) mass is 423 g/mol. The zero-order valence-corrected chi connectivity index (χ0v) is 17.6. The molecule has 0 bridgehead atoms. The molecule has 0 atom stereocenters. The maximum Gasteiger partial charge on any atom is 0.291 e. The number of para-hydroxylation sites is 1. The van der Waals surface area contributed by atoms with Gasteiger partial charge in [-0.15, -0.1) is 0 Å². The number of amides is 3. The normalized spacial score (nSPS) is 10.4. The first kappa shape index (κ1) is 21.2. The van der Waals surface area contributed by atoms with Crippen molar-refractivity contribution in [3.05, 3.63) is 77.7 Å². The van der Waals surface area contributed by atoms with Crippen LogP contribution in [0.25, 0.3) is 0 Å². The summed E-state index contributed by atoms with van der Waals surface area (Å²) >= 11 is 1.03. The van der Waals surface area contributed by atoms with Gasteiger partial charge in [-0.05, 0) is 60.6 Å². The minimum absolute atomic E-state index is 0.144. The second-order valence-corrected chi connectivity index (χ2v) is 7.67. The summed E-state index contributed by atoms with van der Waals surface area (Å²) in [5, 5.41) is 5.45. The average Bonchev–Trinajstić information content (AvgIpc) is 3.26. The largest absolute Gasteiger partial charge is 0.459 e. The average molecular weight is 423 g/mol. The third kappa shape index (κ3) is 5.09. The molecule has 2 N–H and O–H groups in total. The van der Waals surface area contributed by atoms with E-state index in [1.54, 1.807) is 68.7 Å². The van der Waals surface area contributed by atoms with Crippen molar-refractivity contribution >= 4 is 40.2 Å². The van der Waals surface area contributed by atoms with Crippen LogP contribution >= 0.6 is 11.8 Å². The molecule has 154 valence electrons. The molecule has 30 heavy (non-hydrogen) atoms. The molecule has 0 aliphatic heterocycles. The second kappa shape index (κ2) is 9.32. The molecule has 0 saturated carbocycles. The lowest BCUT2D eigenvalue weighted by Gasteiger charge is -2.14. The zero-order chi connectivity index (χ0) is 21.7. The number of furan rings is 1. The second-order valence-electron chi connectivity index (χ2n) is 6.67. The van der Waals surface area contributed by atoms with E-state index >= 15 is 0 Å². The molecule has 7 nitrogen and oxygen atoms in total. The van der Waals surface area contributed by atoms with Crippen LogP contribution in [0, 0.1) is 6.92 Å². The fourth-order valence-electron chi connectivity index (χ4n) is 2.53. The number of nitrogens with one attached hydrogen (secondary N) is 2. The predicted molar refractivity (Wildman–Crippen MR) is 117 cm³/mol. The van der Waals surface area contributed by atoms with Gasteiger partial charge in [0.25, 0.3) is 17.1 Å². The molecule has 0 spiro atoms. The van der Waals surface area contributed by atoms with Gasteiger partial charge in [0.2, 0.25) is 0 Å². The fraction of sp³-hybridized carbons (Fsp3) is 0.136. The lowest BCUT2D eigenvalue weighted by molar-refractivity contribution is 0.0993. The smallest absolute Gasteiger partial charge is 0.291 e. The van der Waals surface area contributed by atoms with Crippen molar-refractivity contribution in [2.24, 2.45) is 0 Å². The predicted octanol–water partition coefficient (Wildman–Crippen LogP) is 4.87. The Balaban J connectivity index is 1.78. The summed E-state index contributed by atoms with van der Waals surface area (Å²) < 4.78 is 5.10. The van der Waals surface area contributed by atoms with E-state index in [1.165, 1.54) is 11.2 Å². The zero-order valence-electron chi connectivity index (χ0n) is 16.8. The van der Waals surface area contributed by atoms with E-state index < -0.39 is 5.91 Å². The highest BCUT2D eigenvalue weighted by Gasteiger charge is 2.16. The van der Waals surface area contributed by atoms with Crippen LogP contribution in [0.4, 0.5) is 16.2 Å². The molecule has 2 aromatic carbocycles. The number of nitrogens with zero attached hydrogens (tertiary/aromatic N) is 1. The summed E-state index contributed by atoms with van der Waals surface area (Å²) in [6.07, 6.45) is 1.42. The summed E-state index contributed by atoms with van der Waals surface area (Å²) in [4.78, 5) is 39.2. The number of carbonyl (C=O) groups is 3. The number of carbonyl (C=O) groups excluding carboxylic acids is 3. The Hall–Kier alpha value is -3.52. The highest BCUT2D eigenvalue weighted by molar-refractivity contribution is 8.13. The number of rotatable bonds is 5. The van der Waals surface area contributed by atoms with E-state index in [2.05, 4.69) is 10.6 Å². The lowest BCUT2D eigenvalue weighted by atomic mass is 10.1. The number of hydrogen-bond acceptors (Lipinski definition) is 5. The first-order valence-electron chi connectivity index (χ1n) is 9.10. The summed E-state index contributed by atoms with van der Waals surface area (Å²) in [6.45, 7) is 1.83. The fourth-order valence-corrected chi connectivity index (χ4v) is 3.27. The Morgan fingerprint density at radius 2 is 1.63 bits per heavy atom. The van der Waals surface area contributed by atoms with Crippen molar-refractivity contribution in [1.82, 2.24) is 4.90 Å². The number of benzene rings is 2. The van der Waals surface area contributed by atoms with Crippen LogP contribution in [0.5, 0.6) is 0 Å². The number of aryl methyl sites for hydroxylation is 1. The van der Waals surface area contributed by atoms with Gasteiger partial charge in [0.05, 0.1) is 12.0 Å². The Bertz CT molecular complexity index is 1080. The summed E-state index contributed by atoms with van der Waals surface area (Å²) in [6, 6.07) is 15.3. The van der Waals surface area contributed by atoms with E-state index in [0.717, 1.165) is 17.3 Å². The highest BCUT2D eigenvalue weighted by atomic mass is 32.2. The van der Waals surface area contributed by atoms with Crippen LogP contribution in [0.1, 0.15) is 26.5 Å². The summed E-state index contributed by atoms with van der Waals surface area (Å²) in [7, 11) is 3.34. The standard InChI is InChI=1S/C22H21N3O4S/c1-14-10-11-15(13-17(14)24-21(27)18-8-6-12-29-18)20(26)23-16-7-4-5-9-19(16)30-22(28)25(2)3/h4-13H,1-3H3,(H,23,26)(H,24,27). The summed E-state index contributed by atoms with van der Waals surface area (Å²) in [5.41, 5.74) is 2.21. The molecule has 0 saturated heterocycles. The van der Waals surface area contributed by atoms with Crippen LogP contribution < -0.4 is 10.6 Å². The Morgan fingerprint density at radius 3 is 2.33 bits per heavy atom. The van der Waals surface area contributed by atoms with Gasteiger partial charge in [0.1, 0.15) is 0 Å². The molecule has 0 unspecified atom stereocenters. The van der Waals surface area contributed by atoms with Gasteiger partial charge in [0.15, 0.2) is 5.76 Å². The minimum atomic E-state index is -0.399. The van der Waals surface area contributed by atoms with Crippen molar-refractivity contribution in [3.8, 4) is 0 Å². The molecule has 3 aromatic rings. The molecule has 0 fully saturated rings. The van der Waals surface area contributed by atoms with Gasteiger partial charge >= 0.3 is 0 Å². The van der Waals surface area contributed by atoms with Crippen molar-refractivity contribution in [2.75, 3.05) is 24.7 Å². The van der Waals surface area contributed by atoms with E-state index in [4.69, 9.17) is 4.42 Å². The van der Waals surface area contributed by atoms with Crippen LogP contribution in [0.3, 0.4) is 0 Å². The molecule has 0 radical (unpaired) electrons. The van der Waals surface area contributed by atoms with Gasteiger partial charge in [-0.2, -0.15) is 0 Å². The Labute approximate surface area is 178 Å². The van der Waals surface area contributed by atoms with Crippen LogP contribution in [0.2, 0.25) is 0 Å². The van der Waals surface area contributed by atoms with Gasteiger partial charge < -0.3 is 20.0 Å². The van der Waals surface area contributed by atoms with Crippen LogP contribution in [-0.2, 0) is 0 Å². The van der Waals surface area contributed by atoms with E-state index in [0.29, 0.717) is 21.8 Å². The number of anilines is 2. The first-order chi connectivity index (χ1) is 14.3. The molecule has 0 aliphatic rings. The Morgan fingerprint density at radius 1 is 0.900 bits per heavy atom. The van der Waals surface area contributed by atoms with Crippen molar-refractivity contribution < 1.29 is 18.8 Å². The number of thioether (sulfide) groups is 1. The molecule has 3 rings (SSSR count). The SMILES string of the molecule is Cc1ccc(C(=O)Nc2ccccc2SC(=O)N(C)C)cc1NC(=O)c1ccco1. The molecule has 3 amide bonds. The van der Waals surface area contributed by atoms with Crippen molar-refractivity contribution in [2.45, 2.75) is 11.8 Å². The quantitative estimate of drug-likeness (QED) is 0.572. The molecule has 1 aromatic heterocycles. The maximum atomic E-state index is 12.8. The third-order valence-electron chi connectivity index (χ3n) is 4.19. The first-order valence-corrected chi connectivity index (χ1v) is 9.92. The van der Waals surface area contributed by atoms with Crippen LogP contribution in [0.15, 0.2) is 70.2 Å². The highest BCUT2D eigenvalue weighted by Crippen LogP contribution is 2.29.